The van der Waals surface area contributed by atoms with E-state index in [9.17, 15) is 8.42 Å². The molecule has 0 spiro atoms. The minimum atomic E-state index is -3.13. The molecule has 0 bridgehead atoms. The van der Waals surface area contributed by atoms with Crippen molar-refractivity contribution in [2.45, 2.75) is 39.5 Å². The Morgan fingerprint density at radius 3 is 2.35 bits per heavy atom. The monoisotopic (exact) mass is 263 g/mol. The first kappa shape index (κ1) is 14.9. The lowest BCUT2D eigenvalue weighted by Gasteiger charge is -2.28. The third kappa shape index (κ3) is 4.94. The maximum absolute atomic E-state index is 11.8. The van der Waals surface area contributed by atoms with Crippen LogP contribution in [0.2, 0.25) is 0 Å². The SMILES string of the molecule is COCC1(CNS(=O)(=O)CC(C)C)CCCC1. The second-order valence-corrected chi connectivity index (χ2v) is 7.49. The molecule has 0 aromatic rings. The van der Waals surface area contributed by atoms with Gasteiger partial charge in [0.2, 0.25) is 10.0 Å². The number of sulfonamides is 1. The van der Waals surface area contributed by atoms with Gasteiger partial charge in [0.15, 0.2) is 0 Å². The molecule has 0 atom stereocenters. The Kier molecular flexibility index (Phi) is 5.41. The van der Waals surface area contributed by atoms with Crippen molar-refractivity contribution in [2.75, 3.05) is 26.0 Å². The summed E-state index contributed by atoms with van der Waals surface area (Å²) < 4.78 is 31.6. The van der Waals surface area contributed by atoms with Crippen LogP contribution in [0.5, 0.6) is 0 Å². The summed E-state index contributed by atoms with van der Waals surface area (Å²) in [6.07, 6.45) is 4.47. The fourth-order valence-electron chi connectivity index (χ4n) is 2.56. The van der Waals surface area contributed by atoms with E-state index < -0.39 is 10.0 Å². The van der Waals surface area contributed by atoms with Crippen LogP contribution < -0.4 is 4.72 Å². The average molecular weight is 263 g/mol. The van der Waals surface area contributed by atoms with Gasteiger partial charge in [0.25, 0.3) is 0 Å². The van der Waals surface area contributed by atoms with Crippen LogP contribution in [0.3, 0.4) is 0 Å². The van der Waals surface area contributed by atoms with Crippen molar-refractivity contribution < 1.29 is 13.2 Å². The molecule has 1 fully saturated rings. The van der Waals surface area contributed by atoms with E-state index in [0.29, 0.717) is 13.2 Å². The predicted octanol–water partition coefficient (Wildman–Crippen LogP) is 1.77. The maximum atomic E-state index is 11.8. The van der Waals surface area contributed by atoms with E-state index in [2.05, 4.69) is 4.72 Å². The summed E-state index contributed by atoms with van der Waals surface area (Å²) in [5.74, 6) is 0.366. The van der Waals surface area contributed by atoms with Crippen molar-refractivity contribution in [3.63, 3.8) is 0 Å². The molecule has 0 aromatic heterocycles. The van der Waals surface area contributed by atoms with Crippen molar-refractivity contribution >= 4 is 10.0 Å². The zero-order valence-corrected chi connectivity index (χ0v) is 12.0. The summed E-state index contributed by atoms with van der Waals surface area (Å²) in [5, 5.41) is 0. The first-order valence-corrected chi connectivity index (χ1v) is 8.01. The van der Waals surface area contributed by atoms with Crippen molar-refractivity contribution in [1.29, 1.82) is 0 Å². The molecule has 102 valence electrons. The molecule has 4 nitrogen and oxygen atoms in total. The second kappa shape index (κ2) is 6.16. The van der Waals surface area contributed by atoms with E-state index in [1.54, 1.807) is 7.11 Å². The highest BCUT2D eigenvalue weighted by Gasteiger charge is 2.34. The molecule has 0 radical (unpaired) electrons. The normalized spacial score (nSPS) is 20.0. The zero-order chi connectivity index (χ0) is 12.9. The Balaban J connectivity index is 2.52. The van der Waals surface area contributed by atoms with Crippen LogP contribution in [-0.4, -0.2) is 34.4 Å². The third-order valence-corrected chi connectivity index (χ3v) is 5.02. The van der Waals surface area contributed by atoms with Gasteiger partial charge in [-0.05, 0) is 18.8 Å². The number of ether oxygens (including phenoxy) is 1. The molecule has 0 heterocycles. The van der Waals surface area contributed by atoms with E-state index in [1.807, 2.05) is 13.8 Å². The molecular formula is C12H25NO3S. The zero-order valence-electron chi connectivity index (χ0n) is 11.2. The Hall–Kier alpha value is -0.130. The van der Waals surface area contributed by atoms with Gasteiger partial charge in [-0.2, -0.15) is 0 Å². The van der Waals surface area contributed by atoms with Gasteiger partial charge in [-0.15, -0.1) is 0 Å². The highest BCUT2D eigenvalue weighted by atomic mass is 32.2. The topological polar surface area (TPSA) is 55.4 Å². The Morgan fingerprint density at radius 1 is 1.29 bits per heavy atom. The lowest BCUT2D eigenvalue weighted by molar-refractivity contribution is 0.0867. The Labute approximate surface area is 105 Å². The Morgan fingerprint density at radius 2 is 1.88 bits per heavy atom. The summed E-state index contributed by atoms with van der Waals surface area (Å²) in [4.78, 5) is 0. The van der Waals surface area contributed by atoms with Gasteiger partial charge in [-0.25, -0.2) is 13.1 Å². The standard InChI is InChI=1S/C12H25NO3S/c1-11(2)8-17(14,15)13-9-12(10-16-3)6-4-5-7-12/h11,13H,4-10H2,1-3H3. The summed E-state index contributed by atoms with van der Waals surface area (Å²) in [5.41, 5.74) is 0.0266. The summed E-state index contributed by atoms with van der Waals surface area (Å²) in [7, 11) is -1.45. The number of methoxy groups -OCH3 is 1. The highest BCUT2D eigenvalue weighted by Crippen LogP contribution is 2.37. The molecule has 0 aromatic carbocycles. The molecule has 1 rings (SSSR count). The quantitative estimate of drug-likeness (QED) is 0.761. The summed E-state index contributed by atoms with van der Waals surface area (Å²) >= 11 is 0. The van der Waals surface area contributed by atoms with Crippen LogP contribution in [-0.2, 0) is 14.8 Å². The van der Waals surface area contributed by atoms with E-state index in [4.69, 9.17) is 4.74 Å². The Bertz CT molecular complexity index is 319. The molecule has 1 N–H and O–H groups in total. The van der Waals surface area contributed by atoms with Gasteiger partial charge in [0.05, 0.1) is 12.4 Å². The van der Waals surface area contributed by atoms with Gasteiger partial charge >= 0.3 is 0 Å². The van der Waals surface area contributed by atoms with Crippen LogP contribution >= 0.6 is 0 Å². The largest absolute Gasteiger partial charge is 0.384 e. The van der Waals surface area contributed by atoms with Gasteiger partial charge in [-0.3, -0.25) is 0 Å². The fraction of sp³-hybridized carbons (Fsp3) is 1.00. The minimum absolute atomic E-state index is 0.0266. The molecule has 0 unspecified atom stereocenters. The van der Waals surface area contributed by atoms with Crippen LogP contribution in [0.1, 0.15) is 39.5 Å². The number of hydrogen-bond acceptors (Lipinski definition) is 3. The smallest absolute Gasteiger partial charge is 0.211 e. The van der Waals surface area contributed by atoms with Gasteiger partial charge < -0.3 is 4.74 Å². The number of nitrogens with one attached hydrogen (secondary N) is 1. The van der Waals surface area contributed by atoms with Gasteiger partial charge in [0.1, 0.15) is 0 Å². The molecule has 0 aliphatic heterocycles. The van der Waals surface area contributed by atoms with E-state index >= 15 is 0 Å². The van der Waals surface area contributed by atoms with Gasteiger partial charge in [-0.1, -0.05) is 26.7 Å². The lowest BCUT2D eigenvalue weighted by Crippen LogP contribution is -2.40. The number of hydrogen-bond donors (Lipinski definition) is 1. The van der Waals surface area contributed by atoms with Gasteiger partial charge in [0, 0.05) is 19.1 Å². The molecular weight excluding hydrogens is 238 g/mol. The second-order valence-electron chi connectivity index (χ2n) is 5.64. The molecule has 1 saturated carbocycles. The van der Waals surface area contributed by atoms with Crippen molar-refractivity contribution in [3.8, 4) is 0 Å². The molecule has 1 aliphatic carbocycles. The summed E-state index contributed by atoms with van der Waals surface area (Å²) in [6.45, 7) is 5.01. The summed E-state index contributed by atoms with van der Waals surface area (Å²) in [6, 6.07) is 0. The van der Waals surface area contributed by atoms with E-state index in [-0.39, 0.29) is 17.1 Å². The third-order valence-electron chi connectivity index (χ3n) is 3.33. The predicted molar refractivity (Wildman–Crippen MR) is 69.4 cm³/mol. The van der Waals surface area contributed by atoms with E-state index in [0.717, 1.165) is 12.8 Å². The lowest BCUT2D eigenvalue weighted by atomic mass is 9.87. The minimum Gasteiger partial charge on any atom is -0.384 e. The van der Waals surface area contributed by atoms with Crippen LogP contribution in [0.15, 0.2) is 0 Å². The first-order chi connectivity index (χ1) is 7.89. The molecule has 17 heavy (non-hydrogen) atoms. The van der Waals surface area contributed by atoms with E-state index in [1.165, 1.54) is 12.8 Å². The molecule has 0 saturated heterocycles. The number of rotatable bonds is 7. The average Bonchev–Trinajstić information content (AvgIpc) is 2.63. The fourth-order valence-corrected chi connectivity index (χ4v) is 4.09. The van der Waals surface area contributed by atoms with Crippen LogP contribution in [0.25, 0.3) is 0 Å². The van der Waals surface area contributed by atoms with Crippen molar-refractivity contribution in [3.05, 3.63) is 0 Å². The molecule has 0 amide bonds. The molecule has 5 heteroatoms. The van der Waals surface area contributed by atoms with Crippen LogP contribution in [0, 0.1) is 11.3 Å². The first-order valence-electron chi connectivity index (χ1n) is 6.35. The molecule has 1 aliphatic rings. The maximum Gasteiger partial charge on any atom is 0.211 e. The van der Waals surface area contributed by atoms with Crippen LogP contribution in [0.4, 0.5) is 0 Å². The highest BCUT2D eigenvalue weighted by molar-refractivity contribution is 7.89. The van der Waals surface area contributed by atoms with Crippen molar-refractivity contribution in [2.24, 2.45) is 11.3 Å². The van der Waals surface area contributed by atoms with Crippen molar-refractivity contribution in [1.82, 2.24) is 4.72 Å².